The van der Waals surface area contributed by atoms with E-state index in [1.807, 2.05) is 12.1 Å². The first-order valence-corrected chi connectivity index (χ1v) is 4.69. The lowest BCUT2D eigenvalue weighted by molar-refractivity contribution is 0.0781. The molecule has 2 nitrogen and oxygen atoms in total. The van der Waals surface area contributed by atoms with Crippen molar-refractivity contribution in [2.45, 2.75) is 12.3 Å². The molecule has 14 heavy (non-hydrogen) atoms. The highest BCUT2D eigenvalue weighted by Gasteiger charge is 2.35. The lowest BCUT2D eigenvalue weighted by Gasteiger charge is -2.16. The van der Waals surface area contributed by atoms with Crippen molar-refractivity contribution >= 4 is 0 Å². The Kier molecular flexibility index (Phi) is 2.72. The van der Waals surface area contributed by atoms with Gasteiger partial charge in [0.1, 0.15) is 0 Å². The normalized spacial score (nSPS) is 27.1. The van der Waals surface area contributed by atoms with E-state index in [-0.39, 0.29) is 5.92 Å². The standard InChI is InChI=1S/C10H12F2N2/c11-10(12)8-6-13-5-7(8)9-3-1-2-4-14-9/h1-4,7-8,10,13H,5-6H2. The Morgan fingerprint density at radius 2 is 2.21 bits per heavy atom. The fourth-order valence-corrected chi connectivity index (χ4v) is 1.88. The monoisotopic (exact) mass is 198 g/mol. The zero-order chi connectivity index (χ0) is 9.97. The second-order valence-electron chi connectivity index (χ2n) is 3.52. The Morgan fingerprint density at radius 3 is 2.86 bits per heavy atom. The van der Waals surface area contributed by atoms with E-state index in [1.54, 1.807) is 12.3 Å². The van der Waals surface area contributed by atoms with Gasteiger partial charge >= 0.3 is 0 Å². The maximum atomic E-state index is 12.6. The second kappa shape index (κ2) is 4.00. The quantitative estimate of drug-likeness (QED) is 0.781. The number of halogens is 2. The first-order valence-electron chi connectivity index (χ1n) is 4.69. The van der Waals surface area contributed by atoms with Gasteiger partial charge in [-0.2, -0.15) is 0 Å². The Bertz CT molecular complexity index is 289. The van der Waals surface area contributed by atoms with E-state index in [9.17, 15) is 8.78 Å². The van der Waals surface area contributed by atoms with Gasteiger partial charge in [-0.25, -0.2) is 8.78 Å². The molecule has 1 fully saturated rings. The molecule has 2 heterocycles. The summed E-state index contributed by atoms with van der Waals surface area (Å²) in [6, 6.07) is 5.44. The highest BCUT2D eigenvalue weighted by molar-refractivity contribution is 5.13. The summed E-state index contributed by atoms with van der Waals surface area (Å²) in [7, 11) is 0. The van der Waals surface area contributed by atoms with Crippen molar-refractivity contribution in [1.82, 2.24) is 10.3 Å². The molecule has 2 unspecified atom stereocenters. The van der Waals surface area contributed by atoms with Crippen LogP contribution >= 0.6 is 0 Å². The SMILES string of the molecule is FC(F)C1CNCC1c1ccccn1. The summed E-state index contributed by atoms with van der Waals surface area (Å²) >= 11 is 0. The fourth-order valence-electron chi connectivity index (χ4n) is 1.88. The molecule has 0 aromatic carbocycles. The van der Waals surface area contributed by atoms with E-state index in [4.69, 9.17) is 0 Å². The largest absolute Gasteiger partial charge is 0.316 e. The Labute approximate surface area is 81.4 Å². The van der Waals surface area contributed by atoms with Gasteiger partial charge in [-0.1, -0.05) is 6.07 Å². The zero-order valence-corrected chi connectivity index (χ0v) is 7.66. The average molecular weight is 198 g/mol. The smallest absolute Gasteiger partial charge is 0.243 e. The number of nitrogens with one attached hydrogen (secondary N) is 1. The molecule has 2 rings (SSSR count). The molecule has 0 bridgehead atoms. The molecule has 0 amide bonds. The summed E-state index contributed by atoms with van der Waals surface area (Å²) in [5.74, 6) is -0.735. The van der Waals surface area contributed by atoms with Gasteiger partial charge in [0.05, 0.1) is 0 Å². The van der Waals surface area contributed by atoms with Crippen LogP contribution in [0.2, 0.25) is 0 Å². The summed E-state index contributed by atoms with van der Waals surface area (Å²) in [5, 5.41) is 2.98. The highest BCUT2D eigenvalue weighted by atomic mass is 19.3. The van der Waals surface area contributed by atoms with Crippen LogP contribution in [-0.4, -0.2) is 24.5 Å². The molecule has 1 N–H and O–H groups in total. The third-order valence-electron chi connectivity index (χ3n) is 2.65. The number of rotatable bonds is 2. The predicted molar refractivity (Wildman–Crippen MR) is 49.3 cm³/mol. The number of hydrogen-bond donors (Lipinski definition) is 1. The molecule has 0 spiro atoms. The first kappa shape index (κ1) is 9.52. The van der Waals surface area contributed by atoms with Crippen LogP contribution in [0.15, 0.2) is 24.4 Å². The molecule has 1 aliphatic rings. The predicted octanol–water partition coefficient (Wildman–Crippen LogP) is 1.65. The van der Waals surface area contributed by atoms with Gasteiger partial charge in [0.25, 0.3) is 0 Å². The second-order valence-corrected chi connectivity index (χ2v) is 3.52. The fraction of sp³-hybridized carbons (Fsp3) is 0.500. The summed E-state index contributed by atoms with van der Waals surface area (Å²) in [5.41, 5.74) is 0.766. The van der Waals surface area contributed by atoms with Crippen molar-refractivity contribution in [1.29, 1.82) is 0 Å². The first-order chi connectivity index (χ1) is 6.79. The Morgan fingerprint density at radius 1 is 1.36 bits per heavy atom. The maximum Gasteiger partial charge on any atom is 0.243 e. The van der Waals surface area contributed by atoms with Crippen molar-refractivity contribution in [2.75, 3.05) is 13.1 Å². The summed E-state index contributed by atoms with van der Waals surface area (Å²) in [6.45, 7) is 0.991. The summed E-state index contributed by atoms with van der Waals surface area (Å²) < 4.78 is 25.2. The van der Waals surface area contributed by atoms with Crippen LogP contribution in [0.1, 0.15) is 11.6 Å². The minimum atomic E-state index is -2.27. The highest BCUT2D eigenvalue weighted by Crippen LogP contribution is 2.30. The van der Waals surface area contributed by atoms with Crippen molar-refractivity contribution in [2.24, 2.45) is 5.92 Å². The summed E-state index contributed by atoms with van der Waals surface area (Å²) in [6.07, 6.45) is -0.618. The topological polar surface area (TPSA) is 24.9 Å². The van der Waals surface area contributed by atoms with Crippen LogP contribution in [0.5, 0.6) is 0 Å². The number of aromatic nitrogens is 1. The van der Waals surface area contributed by atoms with E-state index < -0.39 is 12.3 Å². The van der Waals surface area contributed by atoms with Crippen LogP contribution in [0.4, 0.5) is 8.78 Å². The van der Waals surface area contributed by atoms with Gasteiger partial charge in [0, 0.05) is 36.8 Å². The van der Waals surface area contributed by atoms with Gasteiger partial charge in [-0.3, -0.25) is 4.98 Å². The van der Waals surface area contributed by atoms with Crippen LogP contribution in [-0.2, 0) is 0 Å². The number of nitrogens with zero attached hydrogens (tertiary/aromatic N) is 1. The van der Waals surface area contributed by atoms with Crippen LogP contribution in [0.25, 0.3) is 0 Å². The number of hydrogen-bond acceptors (Lipinski definition) is 2. The Hall–Kier alpha value is -1.03. The molecule has 0 aliphatic carbocycles. The molecule has 1 aliphatic heterocycles. The molecule has 2 atom stereocenters. The lowest BCUT2D eigenvalue weighted by Crippen LogP contribution is -2.19. The van der Waals surface area contributed by atoms with Crippen LogP contribution in [0.3, 0.4) is 0 Å². The van der Waals surface area contributed by atoms with E-state index in [2.05, 4.69) is 10.3 Å². The molecule has 1 saturated heterocycles. The van der Waals surface area contributed by atoms with Crippen molar-refractivity contribution in [3.63, 3.8) is 0 Å². The van der Waals surface area contributed by atoms with E-state index in [1.165, 1.54) is 0 Å². The molecule has 0 saturated carbocycles. The van der Waals surface area contributed by atoms with Crippen LogP contribution in [0, 0.1) is 5.92 Å². The van der Waals surface area contributed by atoms with Crippen molar-refractivity contribution in [3.05, 3.63) is 30.1 Å². The van der Waals surface area contributed by atoms with Crippen LogP contribution < -0.4 is 5.32 Å². The van der Waals surface area contributed by atoms with Gasteiger partial charge in [0.2, 0.25) is 6.43 Å². The van der Waals surface area contributed by atoms with Gasteiger partial charge in [0.15, 0.2) is 0 Å². The van der Waals surface area contributed by atoms with Gasteiger partial charge in [-0.15, -0.1) is 0 Å². The number of alkyl halides is 2. The van der Waals surface area contributed by atoms with E-state index in [0.29, 0.717) is 13.1 Å². The van der Waals surface area contributed by atoms with Gasteiger partial charge in [-0.05, 0) is 12.1 Å². The zero-order valence-electron chi connectivity index (χ0n) is 7.66. The maximum absolute atomic E-state index is 12.6. The van der Waals surface area contributed by atoms with Crippen molar-refractivity contribution in [3.8, 4) is 0 Å². The Balaban J connectivity index is 2.18. The minimum Gasteiger partial charge on any atom is -0.316 e. The molecule has 76 valence electrons. The average Bonchev–Trinajstić information content (AvgIpc) is 2.67. The molecule has 4 heteroatoms. The third kappa shape index (κ3) is 1.75. The summed E-state index contributed by atoms with van der Waals surface area (Å²) in [4.78, 5) is 4.12. The van der Waals surface area contributed by atoms with E-state index >= 15 is 0 Å². The minimum absolute atomic E-state index is 0.142. The lowest BCUT2D eigenvalue weighted by atomic mass is 9.93. The number of pyridine rings is 1. The molecule has 1 aromatic heterocycles. The molecule has 1 aromatic rings. The molecular weight excluding hydrogens is 186 g/mol. The molecule has 0 radical (unpaired) electrons. The molecular formula is C10H12F2N2. The van der Waals surface area contributed by atoms with E-state index in [0.717, 1.165) is 5.69 Å². The van der Waals surface area contributed by atoms with Gasteiger partial charge < -0.3 is 5.32 Å². The third-order valence-corrected chi connectivity index (χ3v) is 2.65. The van der Waals surface area contributed by atoms with Crippen molar-refractivity contribution < 1.29 is 8.78 Å².